The second-order valence-electron chi connectivity index (χ2n) is 14.9. The van der Waals surface area contributed by atoms with Gasteiger partial charge in [0.15, 0.2) is 17.5 Å². The van der Waals surface area contributed by atoms with Crippen molar-refractivity contribution < 1.29 is 0 Å². The predicted octanol–water partition coefficient (Wildman–Crippen LogP) is 13.3. The van der Waals surface area contributed by atoms with Crippen LogP contribution in [0.5, 0.6) is 0 Å². The van der Waals surface area contributed by atoms with Gasteiger partial charge in [-0.1, -0.05) is 152 Å². The van der Waals surface area contributed by atoms with Gasteiger partial charge in [-0.2, -0.15) is 0 Å². The van der Waals surface area contributed by atoms with E-state index in [1.807, 2.05) is 60.7 Å². The summed E-state index contributed by atoms with van der Waals surface area (Å²) in [6, 6.07) is 71.0. The van der Waals surface area contributed by atoms with Crippen molar-refractivity contribution in [2.24, 2.45) is 0 Å². The Balaban J connectivity index is 1.02. The van der Waals surface area contributed by atoms with E-state index in [0.717, 1.165) is 33.5 Å². The molecule has 0 aliphatic heterocycles. The smallest absolute Gasteiger partial charge is 0.164 e. The van der Waals surface area contributed by atoms with Crippen LogP contribution in [-0.2, 0) is 0 Å². The number of hydrogen-bond acceptors (Lipinski definition) is 3. The molecule has 0 saturated carbocycles. The molecule has 0 aliphatic carbocycles. The first-order chi connectivity index (χ1) is 28.7. The quantitative estimate of drug-likeness (QED) is 0.165. The van der Waals surface area contributed by atoms with Gasteiger partial charge in [0.1, 0.15) is 0 Å². The lowest BCUT2D eigenvalue weighted by Crippen LogP contribution is -2.00. The molecule has 0 fully saturated rings. The average molecular weight is 740 g/mol. The van der Waals surface area contributed by atoms with Gasteiger partial charge in [0, 0.05) is 49.3 Å². The number of aromatic nitrogens is 5. The van der Waals surface area contributed by atoms with Crippen LogP contribution in [0.15, 0.2) is 200 Å². The first-order valence-corrected chi connectivity index (χ1v) is 19.6. The molecule has 0 atom stereocenters. The molecule has 270 valence electrons. The molecule has 58 heavy (non-hydrogen) atoms. The molecule has 0 N–H and O–H groups in total. The van der Waals surface area contributed by atoms with Gasteiger partial charge < -0.3 is 8.97 Å². The number of fused-ring (bicyclic) bond motifs is 11. The lowest BCUT2D eigenvalue weighted by Gasteiger charge is -2.12. The van der Waals surface area contributed by atoms with E-state index >= 15 is 0 Å². The van der Waals surface area contributed by atoms with Crippen molar-refractivity contribution in [3.8, 4) is 51.0 Å². The molecular weight excluding hydrogens is 707 g/mol. The Morgan fingerprint density at radius 1 is 0.276 bits per heavy atom. The largest absolute Gasteiger partial charge is 0.309 e. The van der Waals surface area contributed by atoms with Crippen molar-refractivity contribution >= 4 is 59.9 Å². The number of rotatable bonds is 5. The summed E-state index contributed by atoms with van der Waals surface area (Å²) < 4.78 is 4.87. The second kappa shape index (κ2) is 12.8. The van der Waals surface area contributed by atoms with E-state index < -0.39 is 0 Å². The van der Waals surface area contributed by atoms with Gasteiger partial charge in [0.25, 0.3) is 0 Å². The minimum absolute atomic E-state index is 0.637. The summed E-state index contributed by atoms with van der Waals surface area (Å²) in [5.74, 6) is 1.93. The topological polar surface area (TPSA) is 48.0 Å². The van der Waals surface area contributed by atoms with Crippen LogP contribution in [0.2, 0.25) is 0 Å². The number of hydrogen-bond donors (Lipinski definition) is 0. The van der Waals surface area contributed by atoms with Crippen LogP contribution in [-0.4, -0.2) is 23.9 Å². The fourth-order valence-corrected chi connectivity index (χ4v) is 8.84. The van der Waals surface area contributed by atoms with Crippen LogP contribution in [0.25, 0.3) is 111 Å². The summed E-state index contributed by atoms with van der Waals surface area (Å²) in [5, 5.41) is 7.46. The van der Waals surface area contributed by atoms with Crippen molar-refractivity contribution in [1.29, 1.82) is 0 Å². The number of nitrogens with zero attached hydrogens (tertiary/aromatic N) is 5. The zero-order valence-electron chi connectivity index (χ0n) is 31.3. The Bertz CT molecular complexity index is 3510. The van der Waals surface area contributed by atoms with E-state index in [1.165, 1.54) is 59.9 Å². The first kappa shape index (κ1) is 32.4. The normalized spacial score (nSPS) is 11.8. The van der Waals surface area contributed by atoms with Crippen molar-refractivity contribution in [3.63, 3.8) is 0 Å². The highest BCUT2D eigenvalue weighted by molar-refractivity contribution is 6.19. The lowest BCUT2D eigenvalue weighted by atomic mass is 10.0. The molecule has 12 rings (SSSR count). The van der Waals surface area contributed by atoms with E-state index in [9.17, 15) is 0 Å². The van der Waals surface area contributed by atoms with Gasteiger partial charge >= 0.3 is 0 Å². The molecule has 4 heterocycles. The molecular formula is C53H33N5. The summed E-state index contributed by atoms with van der Waals surface area (Å²) in [5.41, 5.74) is 12.1. The van der Waals surface area contributed by atoms with Crippen LogP contribution < -0.4 is 0 Å². The molecule has 0 amide bonds. The van der Waals surface area contributed by atoms with E-state index in [4.69, 9.17) is 15.0 Å². The van der Waals surface area contributed by atoms with E-state index in [-0.39, 0.29) is 0 Å². The van der Waals surface area contributed by atoms with Gasteiger partial charge in [0.2, 0.25) is 0 Å². The third kappa shape index (κ3) is 5.07. The summed E-state index contributed by atoms with van der Waals surface area (Å²) in [4.78, 5) is 14.9. The summed E-state index contributed by atoms with van der Waals surface area (Å²) in [7, 11) is 0. The third-order valence-corrected chi connectivity index (χ3v) is 11.5. The average Bonchev–Trinajstić information content (AvgIpc) is 3.84. The Morgan fingerprint density at radius 3 is 1.45 bits per heavy atom. The number of para-hydroxylation sites is 2. The minimum Gasteiger partial charge on any atom is -0.309 e. The molecule has 0 saturated heterocycles. The third-order valence-electron chi connectivity index (χ3n) is 11.5. The lowest BCUT2D eigenvalue weighted by molar-refractivity contribution is 1.07. The molecule has 0 radical (unpaired) electrons. The van der Waals surface area contributed by atoms with Crippen molar-refractivity contribution in [2.75, 3.05) is 0 Å². The van der Waals surface area contributed by atoms with Crippen LogP contribution in [0, 0.1) is 0 Å². The fraction of sp³-hybridized carbons (Fsp3) is 0. The molecule has 0 aliphatic rings. The Hall–Kier alpha value is -7.89. The molecule has 0 spiro atoms. The van der Waals surface area contributed by atoms with Gasteiger partial charge in [-0.25, -0.2) is 15.0 Å². The van der Waals surface area contributed by atoms with Crippen LogP contribution in [0.1, 0.15) is 0 Å². The monoisotopic (exact) mass is 739 g/mol. The van der Waals surface area contributed by atoms with Crippen molar-refractivity contribution in [1.82, 2.24) is 23.9 Å². The maximum Gasteiger partial charge on any atom is 0.164 e. The Labute approximate surface area is 333 Å². The Kier molecular flexibility index (Phi) is 7.16. The van der Waals surface area contributed by atoms with Gasteiger partial charge in [-0.3, -0.25) is 0 Å². The summed E-state index contributed by atoms with van der Waals surface area (Å²) >= 11 is 0. The molecule has 5 nitrogen and oxygen atoms in total. The summed E-state index contributed by atoms with van der Waals surface area (Å²) in [6.07, 6.45) is 0. The van der Waals surface area contributed by atoms with Crippen LogP contribution in [0.3, 0.4) is 0 Å². The standard InChI is InChI=1S/C53H33N5/c1-3-15-34(16-4-1)51-54-52(35-17-5-2-6-18-35)56-53(55-51)38-21-13-19-36(29-38)37-20-14-22-40(30-37)57-46-27-11-10-26-44(46)45-33-48-39(32-50(45)57)31-49-43-25-8-7-23-41(43)42-24-9-12-28-47(42)58(48)49/h1-33H. The summed E-state index contributed by atoms with van der Waals surface area (Å²) in [6.45, 7) is 0. The highest BCUT2D eigenvalue weighted by atomic mass is 15.0. The highest BCUT2D eigenvalue weighted by Crippen LogP contribution is 2.40. The van der Waals surface area contributed by atoms with Gasteiger partial charge in [0.05, 0.1) is 27.6 Å². The van der Waals surface area contributed by atoms with Crippen molar-refractivity contribution in [3.05, 3.63) is 200 Å². The predicted molar refractivity (Wildman–Crippen MR) is 239 cm³/mol. The van der Waals surface area contributed by atoms with E-state index in [2.05, 4.69) is 148 Å². The molecule has 12 aromatic rings. The van der Waals surface area contributed by atoms with Crippen LogP contribution >= 0.6 is 0 Å². The molecule has 0 unspecified atom stereocenters. The highest BCUT2D eigenvalue weighted by Gasteiger charge is 2.18. The van der Waals surface area contributed by atoms with Crippen LogP contribution in [0.4, 0.5) is 0 Å². The minimum atomic E-state index is 0.637. The zero-order chi connectivity index (χ0) is 38.2. The fourth-order valence-electron chi connectivity index (χ4n) is 8.84. The van der Waals surface area contributed by atoms with Gasteiger partial charge in [-0.15, -0.1) is 0 Å². The van der Waals surface area contributed by atoms with E-state index in [0.29, 0.717) is 17.5 Å². The van der Waals surface area contributed by atoms with Gasteiger partial charge in [-0.05, 0) is 65.0 Å². The second-order valence-corrected chi connectivity index (χ2v) is 14.9. The van der Waals surface area contributed by atoms with E-state index in [1.54, 1.807) is 0 Å². The Morgan fingerprint density at radius 2 is 0.759 bits per heavy atom. The molecule has 8 aromatic carbocycles. The molecule has 5 heteroatoms. The molecule has 4 aromatic heterocycles. The zero-order valence-corrected chi connectivity index (χ0v) is 31.3. The maximum atomic E-state index is 5.01. The maximum absolute atomic E-state index is 5.01. The SMILES string of the molecule is c1ccc(-c2nc(-c3ccccc3)nc(-c3cccc(-c4cccc(-n5c6ccccc6c6cc7c(cc65)cc5c6ccccc6c6ccccc6n75)c4)c3)n2)cc1. The number of benzene rings is 8. The molecule has 0 bridgehead atoms. The first-order valence-electron chi connectivity index (χ1n) is 19.6. The van der Waals surface area contributed by atoms with Crippen molar-refractivity contribution in [2.45, 2.75) is 0 Å². The number of pyridine rings is 1.